The van der Waals surface area contributed by atoms with Gasteiger partial charge in [0, 0.05) is 18.0 Å². The number of aromatic hydroxyl groups is 1. The van der Waals surface area contributed by atoms with E-state index in [0.717, 1.165) is 16.7 Å². The molecule has 0 bridgehead atoms. The third-order valence-corrected chi connectivity index (χ3v) is 3.68. The van der Waals surface area contributed by atoms with E-state index >= 15 is 0 Å². The minimum atomic E-state index is -0.726. The molecule has 1 N–H and O–H groups in total. The number of ether oxygens (including phenoxy) is 1. The van der Waals surface area contributed by atoms with Crippen LogP contribution in [0.2, 0.25) is 0 Å². The molecule has 0 saturated heterocycles. The van der Waals surface area contributed by atoms with Crippen molar-refractivity contribution >= 4 is 5.97 Å². The molecule has 0 radical (unpaired) electrons. The van der Waals surface area contributed by atoms with Crippen LogP contribution in [0.5, 0.6) is 11.5 Å². The van der Waals surface area contributed by atoms with Crippen molar-refractivity contribution in [3.05, 3.63) is 71.6 Å². The number of hydrogen-bond donors (Lipinski definition) is 1. The summed E-state index contributed by atoms with van der Waals surface area (Å²) in [6, 6.07) is 8.73. The van der Waals surface area contributed by atoms with Gasteiger partial charge in [-0.25, -0.2) is 19.2 Å². The Bertz CT molecular complexity index is 899. The molecule has 2 aromatic carbocycles. The Hall–Kier alpha value is -3.28. The second-order valence-electron chi connectivity index (χ2n) is 5.60. The van der Waals surface area contributed by atoms with E-state index in [1.807, 2.05) is 12.1 Å². The van der Waals surface area contributed by atoms with Gasteiger partial charge in [0.2, 0.25) is 5.82 Å². The number of nitrogens with zero attached hydrogens (tertiary/aromatic N) is 2. The fraction of sp³-hybridized carbons (Fsp3) is 0.105. The van der Waals surface area contributed by atoms with E-state index in [1.165, 1.54) is 36.7 Å². The lowest BCUT2D eigenvalue weighted by molar-refractivity contribution is 0.0721. The molecule has 0 saturated carbocycles. The largest absolute Gasteiger partial charge is 0.507 e. The van der Waals surface area contributed by atoms with Crippen LogP contribution >= 0.6 is 0 Å². The normalized spacial score (nSPS) is 10.5. The van der Waals surface area contributed by atoms with Crippen LogP contribution in [0.1, 0.15) is 21.7 Å². The average Bonchev–Trinajstić information content (AvgIpc) is 2.61. The fourth-order valence-electron chi connectivity index (χ4n) is 2.36. The number of carbonyl (C=O) groups excluding carboxylic acids is 1. The van der Waals surface area contributed by atoms with Crippen molar-refractivity contribution in [1.82, 2.24) is 9.97 Å². The van der Waals surface area contributed by atoms with E-state index in [9.17, 15) is 14.3 Å². The molecule has 0 aliphatic rings. The Balaban J connectivity index is 1.80. The number of hydrogen-bond acceptors (Lipinski definition) is 5. The quantitative estimate of drug-likeness (QED) is 0.580. The zero-order valence-corrected chi connectivity index (χ0v) is 13.7. The van der Waals surface area contributed by atoms with Crippen molar-refractivity contribution in [3.63, 3.8) is 0 Å². The van der Waals surface area contributed by atoms with Gasteiger partial charge < -0.3 is 9.84 Å². The van der Waals surface area contributed by atoms with Gasteiger partial charge in [-0.1, -0.05) is 0 Å². The summed E-state index contributed by atoms with van der Waals surface area (Å²) in [5, 5.41) is 9.84. The summed E-state index contributed by atoms with van der Waals surface area (Å²) in [5.41, 5.74) is 3.04. The van der Waals surface area contributed by atoms with E-state index in [4.69, 9.17) is 4.74 Å². The maximum atomic E-state index is 12.9. The van der Waals surface area contributed by atoms with Crippen LogP contribution < -0.4 is 4.74 Å². The van der Waals surface area contributed by atoms with E-state index < -0.39 is 11.8 Å². The SMILES string of the molecule is Cc1cc(-c2cnc(C(=O)Oc3ccc(F)cc3)nc2)cc(C)c1O. The maximum absolute atomic E-state index is 12.9. The molecule has 0 aliphatic heterocycles. The van der Waals surface area contributed by atoms with Crippen LogP contribution in [0.4, 0.5) is 4.39 Å². The molecule has 0 fully saturated rings. The molecule has 0 atom stereocenters. The van der Waals surface area contributed by atoms with Crippen LogP contribution in [-0.4, -0.2) is 21.0 Å². The average molecular weight is 338 g/mol. The van der Waals surface area contributed by atoms with Crippen molar-refractivity contribution in [2.24, 2.45) is 0 Å². The number of halogens is 1. The second kappa shape index (κ2) is 6.68. The molecule has 5 nitrogen and oxygen atoms in total. The summed E-state index contributed by atoms with van der Waals surface area (Å²) < 4.78 is 17.9. The molecule has 3 rings (SSSR count). The molecular formula is C19H15FN2O3. The van der Waals surface area contributed by atoms with Crippen molar-refractivity contribution in [3.8, 4) is 22.6 Å². The van der Waals surface area contributed by atoms with Crippen molar-refractivity contribution in [2.45, 2.75) is 13.8 Å². The Morgan fingerprint density at radius 1 is 1.00 bits per heavy atom. The van der Waals surface area contributed by atoms with Crippen molar-refractivity contribution in [2.75, 3.05) is 0 Å². The molecule has 3 aromatic rings. The molecule has 0 amide bonds. The summed E-state index contributed by atoms with van der Waals surface area (Å²) in [5.74, 6) is -0.774. The number of esters is 1. The highest BCUT2D eigenvalue weighted by atomic mass is 19.1. The second-order valence-corrected chi connectivity index (χ2v) is 5.60. The topological polar surface area (TPSA) is 72.3 Å². The van der Waals surface area contributed by atoms with E-state index in [1.54, 1.807) is 13.8 Å². The molecular weight excluding hydrogens is 323 g/mol. The van der Waals surface area contributed by atoms with Gasteiger partial charge in [-0.3, -0.25) is 0 Å². The molecule has 0 unspecified atom stereocenters. The molecule has 1 aromatic heterocycles. The van der Waals surface area contributed by atoms with E-state index in [0.29, 0.717) is 5.56 Å². The smallest absolute Gasteiger partial charge is 0.381 e. The van der Waals surface area contributed by atoms with Gasteiger partial charge in [-0.05, 0) is 66.9 Å². The highest BCUT2D eigenvalue weighted by molar-refractivity contribution is 5.87. The minimum absolute atomic E-state index is 0.0969. The van der Waals surface area contributed by atoms with Gasteiger partial charge in [0.05, 0.1) is 0 Å². The van der Waals surface area contributed by atoms with Crippen molar-refractivity contribution in [1.29, 1.82) is 0 Å². The van der Waals surface area contributed by atoms with Crippen LogP contribution in [0.3, 0.4) is 0 Å². The molecule has 0 spiro atoms. The van der Waals surface area contributed by atoms with Gasteiger partial charge >= 0.3 is 5.97 Å². The number of benzene rings is 2. The maximum Gasteiger partial charge on any atom is 0.381 e. The van der Waals surface area contributed by atoms with Gasteiger partial charge in [-0.2, -0.15) is 0 Å². The first-order valence-corrected chi connectivity index (χ1v) is 7.54. The Morgan fingerprint density at radius 3 is 2.12 bits per heavy atom. The summed E-state index contributed by atoms with van der Waals surface area (Å²) in [4.78, 5) is 20.1. The first-order valence-electron chi connectivity index (χ1n) is 7.54. The predicted molar refractivity (Wildman–Crippen MR) is 90.0 cm³/mol. The van der Waals surface area contributed by atoms with Gasteiger partial charge in [0.1, 0.15) is 17.3 Å². The summed E-state index contributed by atoms with van der Waals surface area (Å²) in [6.45, 7) is 3.61. The van der Waals surface area contributed by atoms with Gasteiger partial charge in [0.15, 0.2) is 0 Å². The zero-order valence-electron chi connectivity index (χ0n) is 13.7. The summed E-state index contributed by atoms with van der Waals surface area (Å²) in [6.07, 6.45) is 3.03. The predicted octanol–water partition coefficient (Wildman–Crippen LogP) is 3.82. The fourth-order valence-corrected chi connectivity index (χ4v) is 2.36. The number of aromatic nitrogens is 2. The molecule has 25 heavy (non-hydrogen) atoms. The molecule has 6 heteroatoms. The molecule has 126 valence electrons. The number of phenols is 1. The van der Waals surface area contributed by atoms with Crippen molar-refractivity contribution < 1.29 is 19.0 Å². The summed E-state index contributed by atoms with van der Waals surface area (Å²) in [7, 11) is 0. The lowest BCUT2D eigenvalue weighted by atomic mass is 10.0. The lowest BCUT2D eigenvalue weighted by Crippen LogP contribution is -2.12. The lowest BCUT2D eigenvalue weighted by Gasteiger charge is -2.08. The monoisotopic (exact) mass is 338 g/mol. The number of aryl methyl sites for hydroxylation is 2. The number of carbonyl (C=O) groups is 1. The third-order valence-electron chi connectivity index (χ3n) is 3.68. The van der Waals surface area contributed by atoms with Crippen LogP contribution in [-0.2, 0) is 0 Å². The van der Waals surface area contributed by atoms with Crippen LogP contribution in [0.25, 0.3) is 11.1 Å². The number of phenolic OH excluding ortho intramolecular Hbond substituents is 1. The first-order chi connectivity index (χ1) is 11.9. The standard InChI is InChI=1S/C19H15FN2O3/c1-11-7-13(8-12(2)17(11)23)14-9-21-18(22-10-14)19(24)25-16-5-3-15(20)4-6-16/h3-10,23H,1-2H3. The first kappa shape index (κ1) is 16.6. The highest BCUT2D eigenvalue weighted by Crippen LogP contribution is 2.28. The van der Waals surface area contributed by atoms with E-state index in [-0.39, 0.29) is 17.3 Å². The van der Waals surface area contributed by atoms with Crippen LogP contribution in [0.15, 0.2) is 48.8 Å². The molecule has 1 heterocycles. The minimum Gasteiger partial charge on any atom is -0.507 e. The Kier molecular flexibility index (Phi) is 4.43. The summed E-state index contributed by atoms with van der Waals surface area (Å²) >= 11 is 0. The third kappa shape index (κ3) is 3.63. The highest BCUT2D eigenvalue weighted by Gasteiger charge is 2.13. The number of rotatable bonds is 3. The molecule has 0 aliphatic carbocycles. The Labute approximate surface area is 143 Å². The van der Waals surface area contributed by atoms with Gasteiger partial charge in [0.25, 0.3) is 0 Å². The van der Waals surface area contributed by atoms with E-state index in [2.05, 4.69) is 9.97 Å². The Morgan fingerprint density at radius 2 is 1.56 bits per heavy atom. The zero-order chi connectivity index (χ0) is 18.0. The van der Waals surface area contributed by atoms with Gasteiger partial charge in [-0.15, -0.1) is 0 Å². The van der Waals surface area contributed by atoms with Crippen LogP contribution in [0, 0.1) is 19.7 Å².